The van der Waals surface area contributed by atoms with Crippen LogP contribution in [0.2, 0.25) is 0 Å². The number of hydrogen-bond acceptors (Lipinski definition) is 5. The number of benzene rings is 1. The van der Waals surface area contributed by atoms with Crippen molar-refractivity contribution in [1.82, 2.24) is 9.97 Å². The second kappa shape index (κ2) is 8.46. The lowest BCUT2D eigenvalue weighted by Crippen LogP contribution is -2.25. The van der Waals surface area contributed by atoms with E-state index in [9.17, 15) is 4.79 Å². The van der Waals surface area contributed by atoms with E-state index in [2.05, 4.69) is 32.3 Å². The molecule has 1 aromatic heterocycles. The largest absolute Gasteiger partial charge is 0.481 e. The second-order valence-corrected chi connectivity index (χ2v) is 6.42. The Balaban J connectivity index is 1.70. The summed E-state index contributed by atoms with van der Waals surface area (Å²) in [6, 6.07) is 12.1. The first kappa shape index (κ1) is 17.2. The Morgan fingerprint density at radius 1 is 1.20 bits per heavy atom. The number of carboxylic acid groups (broad SMARTS) is 1. The Morgan fingerprint density at radius 3 is 2.68 bits per heavy atom. The number of anilines is 2. The molecular formula is C19H24N4O2. The molecule has 6 heteroatoms. The first-order valence-electron chi connectivity index (χ1n) is 8.80. The lowest BCUT2D eigenvalue weighted by atomic mass is 10.0. The fourth-order valence-corrected chi connectivity index (χ4v) is 3.18. The van der Waals surface area contributed by atoms with Crippen LogP contribution in [0.1, 0.15) is 31.2 Å². The third kappa shape index (κ3) is 5.17. The van der Waals surface area contributed by atoms with E-state index in [1.54, 1.807) is 6.33 Å². The lowest BCUT2D eigenvalue weighted by molar-refractivity contribution is -0.137. The number of nitrogens with zero attached hydrogens (tertiary/aromatic N) is 3. The van der Waals surface area contributed by atoms with Gasteiger partial charge >= 0.3 is 5.97 Å². The molecule has 132 valence electrons. The summed E-state index contributed by atoms with van der Waals surface area (Å²) in [6.07, 6.45) is 5.41. The zero-order valence-corrected chi connectivity index (χ0v) is 14.3. The molecule has 1 aliphatic rings. The molecule has 0 amide bonds. The fourth-order valence-electron chi connectivity index (χ4n) is 3.18. The van der Waals surface area contributed by atoms with Crippen LogP contribution in [-0.4, -0.2) is 40.2 Å². The Labute approximate surface area is 147 Å². The van der Waals surface area contributed by atoms with Gasteiger partial charge in [-0.1, -0.05) is 30.3 Å². The van der Waals surface area contributed by atoms with Gasteiger partial charge in [0.1, 0.15) is 18.0 Å². The van der Waals surface area contributed by atoms with Crippen LogP contribution in [-0.2, 0) is 11.2 Å². The predicted octanol–water partition coefficient (Wildman–Crippen LogP) is 2.96. The average molecular weight is 340 g/mol. The Bertz CT molecular complexity index is 687. The maximum absolute atomic E-state index is 11.0. The maximum Gasteiger partial charge on any atom is 0.303 e. The van der Waals surface area contributed by atoms with Crippen molar-refractivity contribution in [3.63, 3.8) is 0 Å². The lowest BCUT2D eigenvalue weighted by Gasteiger charge is -2.21. The number of aromatic nitrogens is 2. The zero-order valence-electron chi connectivity index (χ0n) is 14.3. The predicted molar refractivity (Wildman–Crippen MR) is 97.9 cm³/mol. The van der Waals surface area contributed by atoms with E-state index in [0.717, 1.165) is 31.1 Å². The number of hydrogen-bond donors (Lipinski definition) is 2. The van der Waals surface area contributed by atoms with Crippen LogP contribution in [0.3, 0.4) is 0 Å². The minimum absolute atomic E-state index is 0.0137. The fraction of sp³-hybridized carbons (Fsp3) is 0.421. The van der Waals surface area contributed by atoms with Crippen molar-refractivity contribution in [1.29, 1.82) is 0 Å². The van der Waals surface area contributed by atoms with Crippen molar-refractivity contribution in [2.75, 3.05) is 23.3 Å². The van der Waals surface area contributed by atoms with Gasteiger partial charge in [0, 0.05) is 31.6 Å². The monoisotopic (exact) mass is 340 g/mol. The van der Waals surface area contributed by atoms with E-state index >= 15 is 0 Å². The summed E-state index contributed by atoms with van der Waals surface area (Å²) in [4.78, 5) is 21.9. The number of nitrogens with one attached hydrogen (secondary N) is 1. The number of carbonyl (C=O) groups is 1. The summed E-state index contributed by atoms with van der Waals surface area (Å²) in [7, 11) is 0. The summed E-state index contributed by atoms with van der Waals surface area (Å²) in [5.74, 6) is 0.912. The minimum Gasteiger partial charge on any atom is -0.481 e. The second-order valence-electron chi connectivity index (χ2n) is 6.42. The Morgan fingerprint density at radius 2 is 1.96 bits per heavy atom. The van der Waals surface area contributed by atoms with Gasteiger partial charge in [-0.2, -0.15) is 0 Å². The summed E-state index contributed by atoms with van der Waals surface area (Å²) in [6.45, 7) is 2.06. The highest BCUT2D eigenvalue weighted by atomic mass is 16.4. The smallest absolute Gasteiger partial charge is 0.303 e. The topological polar surface area (TPSA) is 78.4 Å². The number of aliphatic carboxylic acids is 1. The van der Waals surface area contributed by atoms with Crippen molar-refractivity contribution in [3.05, 3.63) is 48.3 Å². The molecule has 0 saturated carbocycles. The van der Waals surface area contributed by atoms with E-state index in [4.69, 9.17) is 5.11 Å². The Hall–Kier alpha value is -2.63. The molecule has 1 aromatic carbocycles. The highest BCUT2D eigenvalue weighted by Crippen LogP contribution is 2.21. The van der Waals surface area contributed by atoms with Crippen LogP contribution in [0, 0.1) is 0 Å². The molecule has 1 aliphatic heterocycles. The van der Waals surface area contributed by atoms with Crippen LogP contribution < -0.4 is 10.2 Å². The normalized spacial score (nSPS) is 15.1. The van der Waals surface area contributed by atoms with Crippen LogP contribution in [0.25, 0.3) is 0 Å². The van der Waals surface area contributed by atoms with Crippen molar-refractivity contribution < 1.29 is 9.90 Å². The highest BCUT2D eigenvalue weighted by molar-refractivity contribution is 5.66. The van der Waals surface area contributed by atoms with Crippen LogP contribution in [0.15, 0.2) is 42.7 Å². The van der Waals surface area contributed by atoms with Gasteiger partial charge in [-0.05, 0) is 31.2 Å². The molecule has 1 saturated heterocycles. The van der Waals surface area contributed by atoms with Gasteiger partial charge < -0.3 is 15.3 Å². The van der Waals surface area contributed by atoms with Crippen molar-refractivity contribution in [2.24, 2.45) is 0 Å². The van der Waals surface area contributed by atoms with Gasteiger partial charge in [0.2, 0.25) is 0 Å². The summed E-state index contributed by atoms with van der Waals surface area (Å²) in [5, 5.41) is 12.4. The van der Waals surface area contributed by atoms with Gasteiger partial charge in [-0.3, -0.25) is 4.79 Å². The van der Waals surface area contributed by atoms with Crippen LogP contribution in [0.5, 0.6) is 0 Å². The molecule has 3 rings (SSSR count). The van der Waals surface area contributed by atoms with Gasteiger partial charge in [0.15, 0.2) is 0 Å². The molecular weight excluding hydrogens is 316 g/mol. The molecule has 1 atom stereocenters. The van der Waals surface area contributed by atoms with E-state index < -0.39 is 5.97 Å². The molecule has 25 heavy (non-hydrogen) atoms. The molecule has 0 radical (unpaired) electrons. The molecule has 0 bridgehead atoms. The molecule has 2 N–H and O–H groups in total. The molecule has 6 nitrogen and oxygen atoms in total. The highest BCUT2D eigenvalue weighted by Gasteiger charge is 2.16. The van der Waals surface area contributed by atoms with E-state index in [1.807, 2.05) is 24.3 Å². The first-order chi connectivity index (χ1) is 12.2. The van der Waals surface area contributed by atoms with E-state index in [-0.39, 0.29) is 12.5 Å². The Kier molecular flexibility index (Phi) is 5.82. The molecule has 0 aliphatic carbocycles. The quantitative estimate of drug-likeness (QED) is 0.769. The minimum atomic E-state index is -0.777. The van der Waals surface area contributed by atoms with E-state index in [1.165, 1.54) is 18.4 Å². The maximum atomic E-state index is 11.0. The number of carboxylic acids is 1. The molecule has 2 aromatic rings. The van der Waals surface area contributed by atoms with Gasteiger partial charge in [0.25, 0.3) is 0 Å². The SMILES string of the molecule is O=C(O)CCC(Cc1ccccc1)Nc1cc(N2CCCC2)ncn1. The third-order valence-corrected chi connectivity index (χ3v) is 4.47. The molecule has 0 spiro atoms. The first-order valence-corrected chi connectivity index (χ1v) is 8.80. The van der Waals surface area contributed by atoms with Gasteiger partial charge in [-0.25, -0.2) is 9.97 Å². The molecule has 1 fully saturated rings. The molecule has 2 heterocycles. The molecule has 1 unspecified atom stereocenters. The zero-order chi connectivity index (χ0) is 17.5. The van der Waals surface area contributed by atoms with Crippen molar-refractivity contribution in [2.45, 2.75) is 38.1 Å². The third-order valence-electron chi connectivity index (χ3n) is 4.47. The van der Waals surface area contributed by atoms with E-state index in [0.29, 0.717) is 6.42 Å². The van der Waals surface area contributed by atoms with Crippen molar-refractivity contribution in [3.8, 4) is 0 Å². The number of rotatable bonds is 8. The van der Waals surface area contributed by atoms with Gasteiger partial charge in [0.05, 0.1) is 0 Å². The standard InChI is InChI=1S/C19H24N4O2/c24-19(25)9-8-16(12-15-6-2-1-3-7-15)22-17-13-18(21-14-20-17)23-10-4-5-11-23/h1-3,6-7,13-14,16H,4-5,8-12H2,(H,24,25)(H,20,21,22). The van der Waals surface area contributed by atoms with Crippen LogP contribution >= 0.6 is 0 Å². The summed E-state index contributed by atoms with van der Waals surface area (Å²) < 4.78 is 0. The van der Waals surface area contributed by atoms with Crippen LogP contribution in [0.4, 0.5) is 11.6 Å². The van der Waals surface area contributed by atoms with Gasteiger partial charge in [-0.15, -0.1) is 0 Å². The van der Waals surface area contributed by atoms with Crippen molar-refractivity contribution >= 4 is 17.6 Å². The average Bonchev–Trinajstić information content (AvgIpc) is 3.15. The summed E-state index contributed by atoms with van der Waals surface area (Å²) in [5.41, 5.74) is 1.18. The summed E-state index contributed by atoms with van der Waals surface area (Å²) >= 11 is 0.